The molecule has 1 fully saturated rings. The zero-order valence-electron chi connectivity index (χ0n) is 24.3. The summed E-state index contributed by atoms with van der Waals surface area (Å²) < 4.78 is 28.0. The van der Waals surface area contributed by atoms with Gasteiger partial charge in [-0.15, -0.1) is 12.6 Å². The van der Waals surface area contributed by atoms with E-state index in [-0.39, 0.29) is 27.7 Å². The summed E-state index contributed by atoms with van der Waals surface area (Å²) in [5.74, 6) is -4.25. The topological polar surface area (TPSA) is 159 Å². The molecule has 0 N–H and O–H groups in total. The summed E-state index contributed by atoms with van der Waals surface area (Å²) in [6.45, 7) is 6.98. The van der Waals surface area contributed by atoms with E-state index < -0.39 is 67.0 Å². The number of carbonyl (C=O) groups excluding carboxylic acids is 5. The van der Waals surface area contributed by atoms with Crippen molar-refractivity contribution >= 4 is 53.9 Å². The summed E-state index contributed by atoms with van der Waals surface area (Å²) >= 11 is 10.8. The Bertz CT molecular complexity index is 1420. The molecule has 0 spiro atoms. The second-order valence-corrected chi connectivity index (χ2v) is 10.7. The summed E-state index contributed by atoms with van der Waals surface area (Å²) in [4.78, 5) is 62.9. The highest BCUT2D eigenvalue weighted by Gasteiger charge is 2.55. The third-order valence-corrected chi connectivity index (χ3v) is 7.43. The van der Waals surface area contributed by atoms with Gasteiger partial charge in [0.25, 0.3) is 0 Å². The molecule has 6 unspecified atom stereocenters. The zero-order chi connectivity index (χ0) is 32.2. The van der Waals surface area contributed by atoms with Gasteiger partial charge < -0.3 is 28.6 Å². The van der Waals surface area contributed by atoms with E-state index in [0.29, 0.717) is 10.6 Å². The van der Waals surface area contributed by atoms with Crippen LogP contribution in [0.2, 0.25) is 5.02 Å². The Labute approximate surface area is 258 Å². The first-order valence-corrected chi connectivity index (χ1v) is 13.9. The number of benzene rings is 1. The molecule has 0 aromatic heterocycles. The number of hydrogen-bond donors (Lipinski definition) is 1. The van der Waals surface area contributed by atoms with E-state index in [2.05, 4.69) is 18.7 Å². The zero-order valence-corrected chi connectivity index (χ0v) is 25.9. The maximum absolute atomic E-state index is 13.2. The van der Waals surface area contributed by atoms with Gasteiger partial charge in [-0.3, -0.25) is 24.0 Å². The lowest BCUT2D eigenvalue weighted by molar-refractivity contribution is -0.271. The van der Waals surface area contributed by atoms with Crippen molar-refractivity contribution in [1.82, 2.24) is 4.90 Å². The predicted molar refractivity (Wildman–Crippen MR) is 153 cm³/mol. The SMILES string of the molecule is CC(=O)OCC1OC(N2C(C)=C(C(C)=O)C(c3ccc(Cl)cc3)C(C#N)=C2S)C(OC(C)=O)C(OC(C)=O)C1OC(C)=O. The van der Waals surface area contributed by atoms with Crippen molar-refractivity contribution in [2.24, 2.45) is 0 Å². The molecule has 1 aromatic rings. The Kier molecular flexibility index (Phi) is 11.0. The maximum atomic E-state index is 13.2. The van der Waals surface area contributed by atoms with Crippen molar-refractivity contribution in [3.05, 3.63) is 56.7 Å². The van der Waals surface area contributed by atoms with Gasteiger partial charge in [-0.1, -0.05) is 23.7 Å². The third kappa shape index (κ3) is 7.57. The molecule has 12 nitrogen and oxygen atoms in total. The number of ketones is 1. The highest BCUT2D eigenvalue weighted by atomic mass is 35.5. The number of thiol groups is 1. The Balaban J connectivity index is 2.28. The molecule has 1 saturated heterocycles. The first kappa shape index (κ1) is 33.6. The molecule has 0 radical (unpaired) electrons. The molecule has 0 amide bonds. The molecule has 2 heterocycles. The molecule has 2 aliphatic heterocycles. The Hall–Kier alpha value is -3.86. The highest BCUT2D eigenvalue weighted by molar-refractivity contribution is 7.84. The van der Waals surface area contributed by atoms with Crippen LogP contribution in [0.4, 0.5) is 0 Å². The Morgan fingerprint density at radius 3 is 1.93 bits per heavy atom. The number of halogens is 1. The molecule has 230 valence electrons. The minimum Gasteiger partial charge on any atom is -0.463 e. The number of allylic oxidation sites excluding steroid dienone is 3. The third-order valence-electron chi connectivity index (χ3n) is 6.72. The number of carbonyl (C=O) groups is 5. The van der Waals surface area contributed by atoms with Gasteiger partial charge >= 0.3 is 23.9 Å². The predicted octanol–water partition coefficient (Wildman–Crippen LogP) is 3.35. The summed E-state index contributed by atoms with van der Waals surface area (Å²) in [5, 5.41) is 10.8. The van der Waals surface area contributed by atoms with E-state index in [1.807, 2.05) is 0 Å². The van der Waals surface area contributed by atoms with E-state index >= 15 is 0 Å². The fraction of sp³-hybridized carbons (Fsp3) is 0.448. The van der Waals surface area contributed by atoms with Crippen LogP contribution in [-0.2, 0) is 47.7 Å². The van der Waals surface area contributed by atoms with Crippen molar-refractivity contribution in [1.29, 1.82) is 5.26 Å². The lowest BCUT2D eigenvalue weighted by Crippen LogP contribution is -2.66. The lowest BCUT2D eigenvalue weighted by atomic mass is 9.80. The molecule has 0 saturated carbocycles. The first-order valence-electron chi connectivity index (χ1n) is 13.1. The van der Waals surface area contributed by atoms with Crippen LogP contribution in [-0.4, -0.2) is 71.8 Å². The number of nitrogens with zero attached hydrogens (tertiary/aromatic N) is 2. The van der Waals surface area contributed by atoms with Crippen LogP contribution in [0, 0.1) is 11.3 Å². The van der Waals surface area contributed by atoms with E-state index in [1.54, 1.807) is 31.2 Å². The van der Waals surface area contributed by atoms with E-state index in [0.717, 1.165) is 27.7 Å². The molecule has 43 heavy (non-hydrogen) atoms. The Morgan fingerprint density at radius 1 is 0.907 bits per heavy atom. The molecule has 2 aliphatic rings. The standard InChI is InChI=1S/C29H31ClN2O10S/c1-13-23(14(2)33)24(19-7-9-20(30)10-8-19)21(11-31)29(43)32(13)28-27(41-18(6)37)26(40-17(5)36)25(39-16(4)35)22(42-28)12-38-15(3)34/h7-10,22,24-28,43H,12H2,1-6H3. The molecule has 14 heteroatoms. The fourth-order valence-corrected chi connectivity index (χ4v) is 5.76. The number of esters is 4. The van der Waals surface area contributed by atoms with Crippen LogP contribution >= 0.6 is 24.2 Å². The maximum Gasteiger partial charge on any atom is 0.303 e. The minimum absolute atomic E-state index is 0.0471. The largest absolute Gasteiger partial charge is 0.463 e. The normalized spacial score (nSPS) is 25.4. The Morgan fingerprint density at radius 2 is 1.44 bits per heavy atom. The number of rotatable bonds is 8. The number of hydrogen-bond acceptors (Lipinski definition) is 13. The lowest BCUT2D eigenvalue weighted by Gasteiger charge is -2.50. The van der Waals surface area contributed by atoms with E-state index in [1.165, 1.54) is 11.8 Å². The molecule has 0 bridgehead atoms. The fourth-order valence-electron chi connectivity index (χ4n) is 5.19. The summed E-state index contributed by atoms with van der Waals surface area (Å²) in [6, 6.07) is 8.76. The van der Waals surface area contributed by atoms with Gasteiger partial charge in [-0.25, -0.2) is 0 Å². The highest BCUT2D eigenvalue weighted by Crippen LogP contribution is 2.46. The summed E-state index contributed by atoms with van der Waals surface area (Å²) in [7, 11) is 0. The molecule has 1 aromatic carbocycles. The van der Waals surface area contributed by atoms with Crippen LogP contribution in [0.1, 0.15) is 53.0 Å². The number of Topliss-reactive ketones (excluding diaryl/α,β-unsaturated/α-hetero) is 1. The van der Waals surface area contributed by atoms with Gasteiger partial charge in [0.15, 0.2) is 30.3 Å². The van der Waals surface area contributed by atoms with Gasteiger partial charge in [0.05, 0.1) is 22.6 Å². The second-order valence-electron chi connectivity index (χ2n) is 9.85. The van der Waals surface area contributed by atoms with E-state index in [9.17, 15) is 29.2 Å². The quantitative estimate of drug-likeness (QED) is 0.253. The first-order chi connectivity index (χ1) is 20.2. The van der Waals surface area contributed by atoms with Gasteiger partial charge in [0, 0.05) is 44.0 Å². The van der Waals surface area contributed by atoms with Crippen LogP contribution in [0.25, 0.3) is 0 Å². The molecule has 3 rings (SSSR count). The molecular weight excluding hydrogens is 604 g/mol. The summed E-state index contributed by atoms with van der Waals surface area (Å²) in [5.41, 5.74) is 1.16. The average Bonchev–Trinajstić information content (AvgIpc) is 2.89. The molecule has 6 atom stereocenters. The number of nitriles is 1. The van der Waals surface area contributed by atoms with Crippen molar-refractivity contribution in [3.8, 4) is 6.07 Å². The van der Waals surface area contributed by atoms with Crippen molar-refractivity contribution in [3.63, 3.8) is 0 Å². The second kappa shape index (κ2) is 14.1. The smallest absolute Gasteiger partial charge is 0.303 e. The van der Waals surface area contributed by atoms with Crippen molar-refractivity contribution in [2.45, 2.75) is 78.1 Å². The van der Waals surface area contributed by atoms with Crippen LogP contribution < -0.4 is 0 Å². The van der Waals surface area contributed by atoms with Crippen LogP contribution in [0.15, 0.2) is 46.1 Å². The molecular formula is C29H31ClN2O10S. The average molecular weight is 635 g/mol. The van der Waals surface area contributed by atoms with Crippen molar-refractivity contribution < 1.29 is 47.7 Å². The monoisotopic (exact) mass is 634 g/mol. The van der Waals surface area contributed by atoms with Crippen LogP contribution in [0.3, 0.4) is 0 Å². The van der Waals surface area contributed by atoms with Gasteiger partial charge in [0.2, 0.25) is 0 Å². The van der Waals surface area contributed by atoms with Gasteiger partial charge in [-0.2, -0.15) is 5.26 Å². The summed E-state index contributed by atoms with van der Waals surface area (Å²) in [6.07, 6.45) is -6.97. The molecule has 0 aliphatic carbocycles. The number of ether oxygens (including phenoxy) is 5. The van der Waals surface area contributed by atoms with E-state index in [4.69, 9.17) is 35.3 Å². The van der Waals surface area contributed by atoms with Gasteiger partial charge in [0.1, 0.15) is 12.7 Å². The van der Waals surface area contributed by atoms with Gasteiger partial charge in [-0.05, 0) is 31.5 Å². The van der Waals surface area contributed by atoms with Crippen LogP contribution in [0.5, 0.6) is 0 Å². The van der Waals surface area contributed by atoms with Crippen molar-refractivity contribution in [2.75, 3.05) is 6.61 Å². The minimum atomic E-state index is -1.48.